The number of aromatic carboxylic acids is 2. The van der Waals surface area contributed by atoms with Crippen molar-refractivity contribution in [3.05, 3.63) is 81.1 Å². The zero-order valence-corrected chi connectivity index (χ0v) is 18.2. The van der Waals surface area contributed by atoms with Crippen LogP contribution in [0.25, 0.3) is 5.69 Å². The number of methoxy groups -OCH3 is 1. The molecular formula is C23H19ClN2O6. The lowest BCUT2D eigenvalue weighted by atomic mass is 10.1. The lowest BCUT2D eigenvalue weighted by molar-refractivity contribution is 0.0599. The highest BCUT2D eigenvalue weighted by Gasteiger charge is 2.16. The molecule has 1 aromatic heterocycles. The second kappa shape index (κ2) is 9.07. The van der Waals surface area contributed by atoms with Gasteiger partial charge in [0.05, 0.1) is 34.5 Å². The smallest absolute Gasteiger partial charge is 0.339 e. The van der Waals surface area contributed by atoms with Crippen molar-refractivity contribution >= 4 is 41.4 Å². The average Bonchev–Trinajstić information content (AvgIpc) is 3.05. The number of halogens is 1. The van der Waals surface area contributed by atoms with Gasteiger partial charge in [-0.15, -0.1) is 0 Å². The lowest BCUT2D eigenvalue weighted by Crippen LogP contribution is -2.07. The summed E-state index contributed by atoms with van der Waals surface area (Å²) in [6, 6.07) is 10.5. The van der Waals surface area contributed by atoms with E-state index >= 15 is 0 Å². The zero-order chi connectivity index (χ0) is 23.6. The summed E-state index contributed by atoms with van der Waals surface area (Å²) in [6.07, 6.45) is 1.60. The number of hydrogen-bond donors (Lipinski definition) is 2. The molecule has 3 aromatic rings. The minimum absolute atomic E-state index is 0.126. The van der Waals surface area contributed by atoms with Gasteiger partial charge in [-0.05, 0) is 56.3 Å². The number of hydrogen-bond acceptors (Lipinski definition) is 5. The van der Waals surface area contributed by atoms with Gasteiger partial charge in [0.2, 0.25) is 0 Å². The largest absolute Gasteiger partial charge is 0.478 e. The maximum Gasteiger partial charge on any atom is 0.339 e. The Bertz CT molecular complexity index is 1240. The number of aromatic nitrogens is 1. The molecule has 0 aliphatic rings. The zero-order valence-electron chi connectivity index (χ0n) is 17.4. The molecule has 0 aliphatic carbocycles. The number of nitrogens with zero attached hydrogens (tertiary/aromatic N) is 2. The van der Waals surface area contributed by atoms with Crippen LogP contribution >= 0.6 is 11.6 Å². The number of ether oxygens (including phenoxy) is 1. The molecule has 0 fully saturated rings. The van der Waals surface area contributed by atoms with Gasteiger partial charge in [0.25, 0.3) is 0 Å². The first kappa shape index (κ1) is 22.8. The molecule has 0 radical (unpaired) electrons. The molecule has 164 valence electrons. The van der Waals surface area contributed by atoms with E-state index in [-0.39, 0.29) is 21.7 Å². The van der Waals surface area contributed by atoms with Gasteiger partial charge in [0.15, 0.2) is 0 Å². The standard InChI is InChI=1S/C23H19ClN2O6/c1-12-6-16(11-25-17-4-5-20(24)19(10-17)23(31)32-3)13(2)26(12)18-8-14(21(27)28)7-15(9-18)22(29)30/h4-11H,1-3H3,(H,27,28)(H,29,30). The Balaban J connectivity index is 2.04. The van der Waals surface area contributed by atoms with Crippen LogP contribution in [0.2, 0.25) is 5.02 Å². The van der Waals surface area contributed by atoms with Gasteiger partial charge >= 0.3 is 17.9 Å². The van der Waals surface area contributed by atoms with Gasteiger partial charge in [0, 0.05) is 28.9 Å². The van der Waals surface area contributed by atoms with Gasteiger partial charge in [-0.1, -0.05) is 11.6 Å². The second-order valence-electron chi connectivity index (χ2n) is 6.95. The van der Waals surface area contributed by atoms with Crippen LogP contribution in [0.3, 0.4) is 0 Å². The van der Waals surface area contributed by atoms with E-state index in [1.165, 1.54) is 25.3 Å². The Labute approximate surface area is 188 Å². The first-order valence-electron chi connectivity index (χ1n) is 9.35. The summed E-state index contributed by atoms with van der Waals surface area (Å²) >= 11 is 6.03. The highest BCUT2D eigenvalue weighted by atomic mass is 35.5. The van der Waals surface area contributed by atoms with Crippen molar-refractivity contribution in [2.75, 3.05) is 7.11 Å². The normalized spacial score (nSPS) is 11.0. The number of esters is 1. The van der Waals surface area contributed by atoms with Gasteiger partial charge in [-0.2, -0.15) is 0 Å². The van der Waals surface area contributed by atoms with E-state index in [2.05, 4.69) is 4.99 Å². The third-order valence-corrected chi connectivity index (χ3v) is 5.18. The number of aryl methyl sites for hydroxylation is 1. The average molecular weight is 455 g/mol. The topological polar surface area (TPSA) is 118 Å². The van der Waals surface area contributed by atoms with E-state index < -0.39 is 17.9 Å². The molecule has 9 heteroatoms. The van der Waals surface area contributed by atoms with E-state index in [4.69, 9.17) is 16.3 Å². The summed E-state index contributed by atoms with van der Waals surface area (Å²) in [5.74, 6) is -3.01. The molecule has 0 unspecified atom stereocenters. The summed E-state index contributed by atoms with van der Waals surface area (Å²) in [5.41, 5.74) is 3.06. The van der Waals surface area contributed by atoms with Crippen molar-refractivity contribution in [1.29, 1.82) is 0 Å². The van der Waals surface area contributed by atoms with Crippen molar-refractivity contribution in [2.24, 2.45) is 4.99 Å². The molecule has 32 heavy (non-hydrogen) atoms. The summed E-state index contributed by atoms with van der Waals surface area (Å²) in [4.78, 5) is 39.1. The van der Waals surface area contributed by atoms with E-state index in [0.717, 1.165) is 23.0 Å². The Morgan fingerprint density at radius 1 is 1.00 bits per heavy atom. The lowest BCUT2D eigenvalue weighted by Gasteiger charge is -2.12. The van der Waals surface area contributed by atoms with Crippen molar-refractivity contribution < 1.29 is 29.3 Å². The van der Waals surface area contributed by atoms with Crippen LogP contribution < -0.4 is 0 Å². The third-order valence-electron chi connectivity index (χ3n) is 4.85. The number of carbonyl (C=O) groups is 3. The molecular weight excluding hydrogens is 436 g/mol. The molecule has 0 aliphatic heterocycles. The minimum Gasteiger partial charge on any atom is -0.478 e. The number of carbonyl (C=O) groups excluding carboxylic acids is 1. The highest BCUT2D eigenvalue weighted by molar-refractivity contribution is 6.33. The van der Waals surface area contributed by atoms with Crippen LogP contribution in [0.5, 0.6) is 0 Å². The Hall–Kier alpha value is -3.91. The van der Waals surface area contributed by atoms with Crippen molar-refractivity contribution in [3.63, 3.8) is 0 Å². The monoisotopic (exact) mass is 454 g/mol. The molecule has 0 atom stereocenters. The summed E-state index contributed by atoms with van der Waals surface area (Å²) in [7, 11) is 1.26. The van der Waals surface area contributed by atoms with Gasteiger partial charge in [-0.3, -0.25) is 4.99 Å². The van der Waals surface area contributed by atoms with Crippen LogP contribution in [0, 0.1) is 13.8 Å². The number of rotatable bonds is 6. The van der Waals surface area contributed by atoms with E-state index in [1.807, 2.05) is 19.9 Å². The second-order valence-corrected chi connectivity index (χ2v) is 7.36. The maximum atomic E-state index is 11.8. The van der Waals surface area contributed by atoms with Crippen molar-refractivity contribution in [1.82, 2.24) is 4.57 Å². The van der Waals surface area contributed by atoms with Crippen LogP contribution in [0.1, 0.15) is 48.0 Å². The fourth-order valence-corrected chi connectivity index (χ4v) is 3.50. The number of aliphatic imine (C=N–C) groups is 1. The highest BCUT2D eigenvalue weighted by Crippen LogP contribution is 2.25. The first-order chi connectivity index (χ1) is 15.1. The molecule has 0 spiro atoms. The quantitative estimate of drug-likeness (QED) is 0.412. The number of carboxylic acids is 2. The Morgan fingerprint density at radius 3 is 2.19 bits per heavy atom. The molecule has 1 heterocycles. The SMILES string of the molecule is COC(=O)c1cc(N=Cc2cc(C)n(-c3cc(C(=O)O)cc(C(=O)O)c3)c2C)ccc1Cl. The maximum absolute atomic E-state index is 11.8. The van der Waals surface area contributed by atoms with Crippen LogP contribution in [0.4, 0.5) is 5.69 Å². The number of benzene rings is 2. The predicted octanol–water partition coefficient (Wildman–Crippen LogP) is 4.68. The predicted molar refractivity (Wildman–Crippen MR) is 119 cm³/mol. The Morgan fingerprint density at radius 2 is 1.62 bits per heavy atom. The van der Waals surface area contributed by atoms with E-state index in [1.54, 1.807) is 22.9 Å². The molecule has 2 aromatic carbocycles. The third kappa shape index (κ3) is 4.55. The molecule has 0 bridgehead atoms. The molecule has 2 N–H and O–H groups in total. The van der Waals surface area contributed by atoms with E-state index in [0.29, 0.717) is 11.4 Å². The first-order valence-corrected chi connectivity index (χ1v) is 9.73. The van der Waals surface area contributed by atoms with Gasteiger partial charge < -0.3 is 19.5 Å². The van der Waals surface area contributed by atoms with Gasteiger partial charge in [-0.25, -0.2) is 14.4 Å². The molecule has 0 amide bonds. The van der Waals surface area contributed by atoms with Crippen LogP contribution in [-0.2, 0) is 4.74 Å². The minimum atomic E-state index is -1.22. The van der Waals surface area contributed by atoms with Crippen LogP contribution in [0.15, 0.2) is 47.5 Å². The van der Waals surface area contributed by atoms with E-state index in [9.17, 15) is 24.6 Å². The van der Waals surface area contributed by atoms with Gasteiger partial charge in [0.1, 0.15) is 0 Å². The summed E-state index contributed by atoms with van der Waals surface area (Å²) < 4.78 is 6.46. The van der Waals surface area contributed by atoms with Crippen molar-refractivity contribution in [3.8, 4) is 5.69 Å². The van der Waals surface area contributed by atoms with Crippen molar-refractivity contribution in [2.45, 2.75) is 13.8 Å². The summed E-state index contributed by atoms with van der Waals surface area (Å²) in [6.45, 7) is 3.62. The molecule has 0 saturated carbocycles. The fourth-order valence-electron chi connectivity index (χ4n) is 3.31. The summed E-state index contributed by atoms with van der Waals surface area (Å²) in [5, 5.41) is 19.0. The molecule has 3 rings (SSSR count). The molecule has 0 saturated heterocycles. The Kier molecular flexibility index (Phi) is 6.45. The molecule has 8 nitrogen and oxygen atoms in total. The fraction of sp³-hybridized carbons (Fsp3) is 0.130. The number of carboxylic acid groups (broad SMARTS) is 2. The van der Waals surface area contributed by atoms with Crippen LogP contribution in [-0.4, -0.2) is 46.0 Å².